The van der Waals surface area contributed by atoms with Gasteiger partial charge in [0.2, 0.25) is 10.0 Å². The number of nitrogens with one attached hydrogen (secondary N) is 2. The van der Waals surface area contributed by atoms with E-state index >= 15 is 0 Å². The highest BCUT2D eigenvalue weighted by Gasteiger charge is 2.20. The predicted octanol–water partition coefficient (Wildman–Crippen LogP) is 0.646. The number of rotatable bonds is 9. The molecule has 1 amide bonds. The number of ether oxygens (including phenoxy) is 1. The van der Waals surface area contributed by atoms with E-state index < -0.39 is 10.0 Å². The van der Waals surface area contributed by atoms with Crippen LogP contribution in [-0.4, -0.2) is 51.8 Å². The molecule has 1 unspecified atom stereocenters. The van der Waals surface area contributed by atoms with Gasteiger partial charge < -0.3 is 15.2 Å². The number of aliphatic hydroxyl groups is 1. The van der Waals surface area contributed by atoms with E-state index in [0.29, 0.717) is 31.6 Å². The van der Waals surface area contributed by atoms with E-state index in [-0.39, 0.29) is 30.1 Å². The number of hydrogen-bond acceptors (Lipinski definition) is 5. The van der Waals surface area contributed by atoms with Gasteiger partial charge in [0.25, 0.3) is 5.91 Å². The third kappa shape index (κ3) is 5.55. The summed E-state index contributed by atoms with van der Waals surface area (Å²) in [4.78, 5) is 12.0. The van der Waals surface area contributed by atoms with E-state index in [2.05, 4.69) is 10.0 Å². The second kappa shape index (κ2) is 9.12. The van der Waals surface area contributed by atoms with Gasteiger partial charge in [-0.25, -0.2) is 13.1 Å². The monoisotopic (exact) mass is 356 g/mol. The zero-order chi connectivity index (χ0) is 17.4. The molecule has 0 bridgehead atoms. The Balaban J connectivity index is 1.88. The second-order valence-corrected chi connectivity index (χ2v) is 7.46. The van der Waals surface area contributed by atoms with Crippen LogP contribution in [0.4, 0.5) is 0 Å². The summed E-state index contributed by atoms with van der Waals surface area (Å²) in [5, 5.41) is 11.4. The van der Waals surface area contributed by atoms with E-state index in [1.165, 1.54) is 24.3 Å². The molecule has 1 aromatic carbocycles. The number of aliphatic hydroxyl groups excluding tert-OH is 1. The number of unbranched alkanes of at least 4 members (excludes halogenated alkanes) is 1. The maximum absolute atomic E-state index is 12.2. The molecule has 0 saturated carbocycles. The van der Waals surface area contributed by atoms with Crippen molar-refractivity contribution in [1.82, 2.24) is 10.0 Å². The van der Waals surface area contributed by atoms with Crippen molar-refractivity contribution >= 4 is 15.9 Å². The fourth-order valence-corrected chi connectivity index (χ4v) is 3.48. The highest BCUT2D eigenvalue weighted by atomic mass is 32.2. The minimum atomic E-state index is -3.60. The molecule has 134 valence electrons. The highest BCUT2D eigenvalue weighted by molar-refractivity contribution is 7.89. The molecule has 0 aliphatic carbocycles. The zero-order valence-electron chi connectivity index (χ0n) is 13.5. The van der Waals surface area contributed by atoms with Gasteiger partial charge in [-0.15, -0.1) is 0 Å². The van der Waals surface area contributed by atoms with Crippen molar-refractivity contribution in [3.63, 3.8) is 0 Å². The van der Waals surface area contributed by atoms with Crippen LogP contribution in [0, 0.1) is 0 Å². The Kier molecular flexibility index (Phi) is 7.16. The second-order valence-electron chi connectivity index (χ2n) is 5.70. The molecule has 1 saturated heterocycles. The fraction of sp³-hybridized carbons (Fsp3) is 0.562. The van der Waals surface area contributed by atoms with Crippen molar-refractivity contribution in [2.24, 2.45) is 0 Å². The molecular weight excluding hydrogens is 332 g/mol. The summed E-state index contributed by atoms with van der Waals surface area (Å²) in [6.07, 6.45) is 3.08. The third-order valence-electron chi connectivity index (χ3n) is 3.82. The topological polar surface area (TPSA) is 105 Å². The fourth-order valence-electron chi connectivity index (χ4n) is 2.42. The van der Waals surface area contributed by atoms with Gasteiger partial charge in [-0.3, -0.25) is 4.79 Å². The van der Waals surface area contributed by atoms with Crippen LogP contribution in [-0.2, 0) is 14.8 Å². The first-order valence-electron chi connectivity index (χ1n) is 8.13. The van der Waals surface area contributed by atoms with E-state index in [1.807, 2.05) is 0 Å². The van der Waals surface area contributed by atoms with Crippen molar-refractivity contribution < 1.29 is 23.1 Å². The van der Waals surface area contributed by atoms with Gasteiger partial charge >= 0.3 is 0 Å². The minimum absolute atomic E-state index is 0.0660. The summed E-state index contributed by atoms with van der Waals surface area (Å²) in [6, 6.07) is 5.81. The van der Waals surface area contributed by atoms with E-state index in [0.717, 1.165) is 12.8 Å². The van der Waals surface area contributed by atoms with E-state index in [9.17, 15) is 13.2 Å². The van der Waals surface area contributed by atoms with Crippen molar-refractivity contribution in [3.05, 3.63) is 29.8 Å². The lowest BCUT2D eigenvalue weighted by Crippen LogP contribution is -2.31. The van der Waals surface area contributed by atoms with Crippen LogP contribution >= 0.6 is 0 Å². The Hall–Kier alpha value is -1.48. The first kappa shape index (κ1) is 18.9. The molecule has 8 heteroatoms. The van der Waals surface area contributed by atoms with Gasteiger partial charge in [0.15, 0.2) is 0 Å². The first-order chi connectivity index (χ1) is 11.5. The van der Waals surface area contributed by atoms with Crippen LogP contribution in [0.5, 0.6) is 0 Å². The van der Waals surface area contributed by atoms with Crippen LogP contribution in [0.25, 0.3) is 0 Å². The van der Waals surface area contributed by atoms with Gasteiger partial charge in [0.1, 0.15) is 0 Å². The SMILES string of the molecule is O=C(NCCCCO)c1ccc(S(=O)(=O)NCC2CCCO2)cc1. The molecule has 1 aliphatic heterocycles. The minimum Gasteiger partial charge on any atom is -0.396 e. The molecule has 1 aromatic rings. The zero-order valence-corrected chi connectivity index (χ0v) is 14.3. The molecule has 0 spiro atoms. The molecule has 3 N–H and O–H groups in total. The number of benzene rings is 1. The normalized spacial score (nSPS) is 17.8. The first-order valence-corrected chi connectivity index (χ1v) is 9.61. The van der Waals surface area contributed by atoms with Gasteiger partial charge in [-0.1, -0.05) is 0 Å². The van der Waals surface area contributed by atoms with Crippen molar-refractivity contribution in [1.29, 1.82) is 0 Å². The number of sulfonamides is 1. The number of amides is 1. The molecular formula is C16H24N2O5S. The smallest absolute Gasteiger partial charge is 0.251 e. The van der Waals surface area contributed by atoms with Gasteiger partial charge in [-0.2, -0.15) is 0 Å². The Morgan fingerprint density at radius 3 is 2.62 bits per heavy atom. The molecule has 1 fully saturated rings. The quantitative estimate of drug-likeness (QED) is 0.564. The van der Waals surface area contributed by atoms with Crippen LogP contribution in [0.3, 0.4) is 0 Å². The molecule has 0 aromatic heterocycles. The average molecular weight is 356 g/mol. The predicted molar refractivity (Wildman–Crippen MR) is 89.3 cm³/mol. The highest BCUT2D eigenvalue weighted by Crippen LogP contribution is 2.14. The molecule has 7 nitrogen and oxygen atoms in total. The maximum Gasteiger partial charge on any atom is 0.251 e. The summed E-state index contributed by atoms with van der Waals surface area (Å²) in [7, 11) is -3.60. The maximum atomic E-state index is 12.2. The number of carbonyl (C=O) groups is 1. The summed E-state index contributed by atoms with van der Waals surface area (Å²) in [6.45, 7) is 1.51. The van der Waals surface area contributed by atoms with Crippen molar-refractivity contribution in [2.45, 2.75) is 36.7 Å². The van der Waals surface area contributed by atoms with Gasteiger partial charge in [0, 0.05) is 31.9 Å². The molecule has 1 aliphatic rings. The summed E-state index contributed by atoms with van der Waals surface area (Å²) < 4.78 is 32.4. The Morgan fingerprint density at radius 2 is 2.00 bits per heavy atom. The van der Waals surface area contributed by atoms with Crippen molar-refractivity contribution in [3.8, 4) is 0 Å². The molecule has 2 rings (SSSR count). The van der Waals surface area contributed by atoms with E-state index in [4.69, 9.17) is 9.84 Å². The third-order valence-corrected chi connectivity index (χ3v) is 5.26. The Morgan fingerprint density at radius 1 is 1.25 bits per heavy atom. The standard InChI is InChI=1S/C16H24N2O5S/c19-10-2-1-9-17-16(20)13-5-7-15(8-6-13)24(21,22)18-12-14-4-3-11-23-14/h5-8,14,18-19H,1-4,9-12H2,(H,17,20). The number of hydrogen-bond donors (Lipinski definition) is 3. The number of carbonyl (C=O) groups excluding carboxylic acids is 1. The van der Waals surface area contributed by atoms with E-state index in [1.54, 1.807) is 0 Å². The molecule has 1 atom stereocenters. The Labute approximate surface area is 142 Å². The van der Waals surface area contributed by atoms with Crippen LogP contribution in [0.15, 0.2) is 29.2 Å². The lowest BCUT2D eigenvalue weighted by molar-refractivity contribution is 0.0952. The van der Waals surface area contributed by atoms with Crippen LogP contribution in [0.1, 0.15) is 36.0 Å². The average Bonchev–Trinajstić information content (AvgIpc) is 3.10. The molecule has 0 radical (unpaired) electrons. The summed E-state index contributed by atoms with van der Waals surface area (Å²) in [5.74, 6) is -0.260. The Bertz CT molecular complexity index is 624. The molecule has 1 heterocycles. The lowest BCUT2D eigenvalue weighted by atomic mass is 10.2. The van der Waals surface area contributed by atoms with Crippen LogP contribution in [0.2, 0.25) is 0 Å². The summed E-state index contributed by atoms with van der Waals surface area (Å²) in [5.41, 5.74) is 0.400. The van der Waals surface area contributed by atoms with Gasteiger partial charge in [-0.05, 0) is 49.9 Å². The molecule has 24 heavy (non-hydrogen) atoms. The summed E-state index contributed by atoms with van der Waals surface area (Å²) >= 11 is 0. The van der Waals surface area contributed by atoms with Crippen LogP contribution < -0.4 is 10.0 Å². The largest absolute Gasteiger partial charge is 0.396 e. The van der Waals surface area contributed by atoms with Crippen molar-refractivity contribution in [2.75, 3.05) is 26.3 Å². The van der Waals surface area contributed by atoms with Gasteiger partial charge in [0.05, 0.1) is 11.0 Å². The lowest BCUT2D eigenvalue weighted by Gasteiger charge is -2.11.